The number of methoxy groups -OCH3 is 1. The number of benzene rings is 1. The van der Waals surface area contributed by atoms with Gasteiger partial charge in [0.15, 0.2) is 9.84 Å². The van der Waals surface area contributed by atoms with E-state index >= 15 is 0 Å². The van der Waals surface area contributed by atoms with Crippen LogP contribution in [-0.4, -0.2) is 28.3 Å². The Bertz CT molecular complexity index is 454. The van der Waals surface area contributed by atoms with E-state index in [4.69, 9.17) is 10.5 Å². The van der Waals surface area contributed by atoms with E-state index in [0.717, 1.165) is 18.4 Å². The molecule has 1 aromatic rings. The van der Waals surface area contributed by atoms with Crippen molar-refractivity contribution in [1.29, 1.82) is 0 Å². The molecule has 0 saturated heterocycles. The first kappa shape index (κ1) is 13.0. The van der Waals surface area contributed by atoms with Crippen molar-refractivity contribution in [2.45, 2.75) is 17.7 Å². The molecular weight excluding hydrogens is 226 g/mol. The van der Waals surface area contributed by atoms with Crippen LogP contribution in [0.5, 0.6) is 5.75 Å². The van der Waals surface area contributed by atoms with Crippen LogP contribution in [0.2, 0.25) is 0 Å². The van der Waals surface area contributed by atoms with Gasteiger partial charge in [0.25, 0.3) is 0 Å². The second-order valence-corrected chi connectivity index (χ2v) is 5.60. The van der Waals surface area contributed by atoms with Gasteiger partial charge in [0, 0.05) is 6.26 Å². The second kappa shape index (κ2) is 5.32. The van der Waals surface area contributed by atoms with E-state index in [-0.39, 0.29) is 4.90 Å². The highest BCUT2D eigenvalue weighted by Crippen LogP contribution is 2.28. The fourth-order valence-corrected chi connectivity index (χ4v) is 2.45. The Labute approximate surface area is 96.3 Å². The first-order valence-electron chi connectivity index (χ1n) is 5.06. The summed E-state index contributed by atoms with van der Waals surface area (Å²) in [4.78, 5) is 0.240. The summed E-state index contributed by atoms with van der Waals surface area (Å²) in [5, 5.41) is 0. The van der Waals surface area contributed by atoms with Gasteiger partial charge < -0.3 is 10.5 Å². The molecule has 0 spiro atoms. The maximum absolute atomic E-state index is 11.5. The fraction of sp³-hybridized carbons (Fsp3) is 0.455. The second-order valence-electron chi connectivity index (χ2n) is 3.61. The number of hydrogen-bond donors (Lipinski definition) is 1. The maximum atomic E-state index is 11.5. The predicted molar refractivity (Wildman–Crippen MR) is 63.5 cm³/mol. The molecule has 16 heavy (non-hydrogen) atoms. The van der Waals surface area contributed by atoms with Gasteiger partial charge >= 0.3 is 0 Å². The van der Waals surface area contributed by atoms with Crippen molar-refractivity contribution < 1.29 is 13.2 Å². The zero-order chi connectivity index (χ0) is 12.2. The van der Waals surface area contributed by atoms with Crippen LogP contribution in [0.4, 0.5) is 0 Å². The van der Waals surface area contributed by atoms with E-state index in [1.807, 2.05) is 6.07 Å². The van der Waals surface area contributed by atoms with Crippen molar-refractivity contribution in [1.82, 2.24) is 0 Å². The van der Waals surface area contributed by atoms with E-state index in [1.165, 1.54) is 13.4 Å². The quantitative estimate of drug-likeness (QED) is 0.837. The van der Waals surface area contributed by atoms with E-state index in [0.29, 0.717) is 12.3 Å². The highest BCUT2D eigenvalue weighted by Gasteiger charge is 2.16. The van der Waals surface area contributed by atoms with Gasteiger partial charge in [0.05, 0.1) is 7.11 Å². The molecule has 0 unspecified atom stereocenters. The van der Waals surface area contributed by atoms with Crippen molar-refractivity contribution in [2.75, 3.05) is 19.9 Å². The molecule has 1 rings (SSSR count). The summed E-state index contributed by atoms with van der Waals surface area (Å²) < 4.78 is 28.2. The lowest BCUT2D eigenvalue weighted by Crippen LogP contribution is -2.05. The third kappa shape index (κ3) is 2.96. The SMILES string of the molecule is COc1c(CCCN)cccc1S(C)(=O)=O. The van der Waals surface area contributed by atoms with Gasteiger partial charge in [0.1, 0.15) is 10.6 Å². The van der Waals surface area contributed by atoms with Crippen LogP contribution in [0.3, 0.4) is 0 Å². The van der Waals surface area contributed by atoms with Crippen molar-refractivity contribution in [3.63, 3.8) is 0 Å². The van der Waals surface area contributed by atoms with Crippen LogP contribution in [-0.2, 0) is 16.3 Å². The van der Waals surface area contributed by atoms with E-state index in [2.05, 4.69) is 0 Å². The Kier molecular flexibility index (Phi) is 4.32. The Morgan fingerprint density at radius 2 is 2.06 bits per heavy atom. The molecule has 4 nitrogen and oxygen atoms in total. The highest BCUT2D eigenvalue weighted by molar-refractivity contribution is 7.90. The molecule has 2 N–H and O–H groups in total. The number of nitrogens with two attached hydrogens (primary N) is 1. The first-order chi connectivity index (χ1) is 7.50. The minimum Gasteiger partial charge on any atom is -0.495 e. The summed E-state index contributed by atoms with van der Waals surface area (Å²) in [5.74, 6) is 0.443. The lowest BCUT2D eigenvalue weighted by atomic mass is 10.1. The van der Waals surface area contributed by atoms with E-state index in [1.54, 1.807) is 12.1 Å². The molecule has 90 valence electrons. The van der Waals surface area contributed by atoms with Gasteiger partial charge in [-0.3, -0.25) is 0 Å². The fourth-order valence-electron chi connectivity index (χ4n) is 1.57. The molecule has 5 heteroatoms. The number of hydrogen-bond acceptors (Lipinski definition) is 4. The van der Waals surface area contributed by atoms with Gasteiger partial charge in [-0.05, 0) is 31.0 Å². The van der Waals surface area contributed by atoms with Crippen LogP contribution < -0.4 is 10.5 Å². The number of aryl methyl sites for hydroxylation is 1. The number of ether oxygens (including phenoxy) is 1. The predicted octanol–water partition coefficient (Wildman–Crippen LogP) is 0.990. The molecule has 1 aromatic carbocycles. The number of rotatable bonds is 5. The van der Waals surface area contributed by atoms with Gasteiger partial charge in [-0.25, -0.2) is 8.42 Å². The minimum atomic E-state index is -3.25. The Morgan fingerprint density at radius 1 is 1.38 bits per heavy atom. The van der Waals surface area contributed by atoms with Gasteiger partial charge in [-0.2, -0.15) is 0 Å². The summed E-state index contributed by atoms with van der Waals surface area (Å²) in [5.41, 5.74) is 6.32. The lowest BCUT2D eigenvalue weighted by Gasteiger charge is -2.11. The molecule has 0 aliphatic heterocycles. The van der Waals surface area contributed by atoms with Crippen LogP contribution in [0, 0.1) is 0 Å². The highest BCUT2D eigenvalue weighted by atomic mass is 32.2. The smallest absolute Gasteiger partial charge is 0.179 e. The van der Waals surface area contributed by atoms with Gasteiger partial charge in [-0.15, -0.1) is 0 Å². The van der Waals surface area contributed by atoms with Crippen LogP contribution in [0.25, 0.3) is 0 Å². The summed E-state index contributed by atoms with van der Waals surface area (Å²) in [6.45, 7) is 0.576. The van der Waals surface area contributed by atoms with Gasteiger partial charge in [0.2, 0.25) is 0 Å². The van der Waals surface area contributed by atoms with E-state index < -0.39 is 9.84 Å². The summed E-state index contributed by atoms with van der Waals surface area (Å²) in [6, 6.07) is 5.15. The first-order valence-corrected chi connectivity index (χ1v) is 6.96. The number of sulfone groups is 1. The Balaban J connectivity index is 3.21. The normalized spacial score (nSPS) is 11.4. The largest absolute Gasteiger partial charge is 0.495 e. The van der Waals surface area contributed by atoms with Crippen molar-refractivity contribution in [3.05, 3.63) is 23.8 Å². The molecule has 0 fully saturated rings. The molecule has 0 atom stereocenters. The standard InChI is InChI=1S/C11H17NO3S/c1-15-11-9(6-4-8-12)5-3-7-10(11)16(2,13)14/h3,5,7H,4,6,8,12H2,1-2H3. The molecule has 0 aromatic heterocycles. The number of para-hydroxylation sites is 1. The maximum Gasteiger partial charge on any atom is 0.179 e. The molecular formula is C11H17NO3S. The third-order valence-corrected chi connectivity index (χ3v) is 3.43. The average Bonchev–Trinajstić information content (AvgIpc) is 2.24. The van der Waals surface area contributed by atoms with Crippen molar-refractivity contribution >= 4 is 9.84 Å². The minimum absolute atomic E-state index is 0.240. The zero-order valence-corrected chi connectivity index (χ0v) is 10.4. The van der Waals surface area contributed by atoms with Crippen molar-refractivity contribution in [3.8, 4) is 5.75 Å². The van der Waals surface area contributed by atoms with Crippen molar-refractivity contribution in [2.24, 2.45) is 5.73 Å². The summed E-state index contributed by atoms with van der Waals surface area (Å²) >= 11 is 0. The summed E-state index contributed by atoms with van der Waals surface area (Å²) in [6.07, 6.45) is 2.71. The summed E-state index contributed by atoms with van der Waals surface area (Å²) in [7, 11) is -1.77. The molecule has 0 saturated carbocycles. The Morgan fingerprint density at radius 3 is 2.56 bits per heavy atom. The third-order valence-electron chi connectivity index (χ3n) is 2.31. The molecule has 0 aliphatic rings. The lowest BCUT2D eigenvalue weighted by molar-refractivity contribution is 0.397. The molecule has 0 radical (unpaired) electrons. The zero-order valence-electron chi connectivity index (χ0n) is 9.56. The molecule has 0 aliphatic carbocycles. The van der Waals surface area contributed by atoms with E-state index in [9.17, 15) is 8.42 Å². The molecule has 0 amide bonds. The van der Waals surface area contributed by atoms with Gasteiger partial charge in [-0.1, -0.05) is 12.1 Å². The molecule has 0 bridgehead atoms. The monoisotopic (exact) mass is 243 g/mol. The average molecular weight is 243 g/mol. The van der Waals surface area contributed by atoms with Crippen LogP contribution >= 0.6 is 0 Å². The van der Waals surface area contributed by atoms with Crippen LogP contribution in [0.1, 0.15) is 12.0 Å². The Hall–Kier alpha value is -1.07. The topological polar surface area (TPSA) is 69.4 Å². The van der Waals surface area contributed by atoms with Crippen LogP contribution in [0.15, 0.2) is 23.1 Å². The molecule has 0 heterocycles.